The molecule has 0 bridgehead atoms. The molecule has 0 fully saturated rings. The molecule has 0 saturated carbocycles. The molecule has 0 amide bonds. The Morgan fingerprint density at radius 1 is 1.27 bits per heavy atom. The summed E-state index contributed by atoms with van der Waals surface area (Å²) in [5.74, 6) is 0. The van der Waals surface area contributed by atoms with E-state index in [2.05, 4.69) is 0 Å². The molecule has 2 unspecified atom stereocenters. The van der Waals surface area contributed by atoms with Crippen molar-refractivity contribution < 1.29 is 13.2 Å². The molecule has 3 rings (SSSR count). The van der Waals surface area contributed by atoms with Crippen LogP contribution in [0.2, 0.25) is 0 Å². The van der Waals surface area contributed by atoms with Gasteiger partial charge in [-0.15, -0.1) is 11.6 Å². The molecule has 0 radical (unpaired) electrons. The summed E-state index contributed by atoms with van der Waals surface area (Å²) < 4.78 is 26.2. The SMILES string of the molecule is CC1(S(=O)(=O)n2cc(C=O)c3ccccc32)C=CC=CC1Cl. The number of alkyl halides is 1. The van der Waals surface area contributed by atoms with Gasteiger partial charge < -0.3 is 0 Å². The van der Waals surface area contributed by atoms with Gasteiger partial charge in [0.15, 0.2) is 6.29 Å². The van der Waals surface area contributed by atoms with Crippen molar-refractivity contribution in [2.45, 2.75) is 17.0 Å². The molecule has 0 aliphatic heterocycles. The maximum Gasteiger partial charge on any atom is 0.249 e. The zero-order chi connectivity index (χ0) is 16.0. The topological polar surface area (TPSA) is 56.1 Å². The Balaban J connectivity index is 2.29. The molecule has 1 aliphatic rings. The zero-order valence-electron chi connectivity index (χ0n) is 11.8. The van der Waals surface area contributed by atoms with E-state index in [1.54, 1.807) is 55.5 Å². The fraction of sp³-hybridized carbons (Fsp3) is 0.188. The molecule has 1 aliphatic carbocycles. The number of nitrogens with zero attached hydrogens (tertiary/aromatic N) is 1. The first kappa shape index (κ1) is 15.1. The van der Waals surface area contributed by atoms with Gasteiger partial charge in [-0.25, -0.2) is 12.4 Å². The van der Waals surface area contributed by atoms with Crippen LogP contribution in [0.3, 0.4) is 0 Å². The third-order valence-electron chi connectivity index (χ3n) is 4.02. The first-order valence-corrected chi connectivity index (χ1v) is 8.60. The van der Waals surface area contributed by atoms with Gasteiger partial charge in [-0.05, 0) is 13.0 Å². The van der Waals surface area contributed by atoms with Crippen molar-refractivity contribution in [3.8, 4) is 0 Å². The molecule has 1 aromatic carbocycles. The Labute approximate surface area is 133 Å². The molecule has 4 nitrogen and oxygen atoms in total. The largest absolute Gasteiger partial charge is 0.298 e. The van der Waals surface area contributed by atoms with Crippen LogP contribution < -0.4 is 0 Å². The molecule has 1 heterocycles. The maximum absolute atomic E-state index is 13.1. The number of aldehydes is 1. The number of fused-ring (bicyclic) bond motifs is 1. The molecular formula is C16H14ClNO3S. The van der Waals surface area contributed by atoms with Crippen LogP contribution >= 0.6 is 11.6 Å². The second-order valence-corrected chi connectivity index (χ2v) is 8.04. The van der Waals surface area contributed by atoms with E-state index in [9.17, 15) is 13.2 Å². The minimum absolute atomic E-state index is 0.337. The van der Waals surface area contributed by atoms with Gasteiger partial charge >= 0.3 is 0 Å². The molecule has 114 valence electrons. The van der Waals surface area contributed by atoms with Crippen LogP contribution in [0.25, 0.3) is 10.9 Å². The molecule has 2 aromatic rings. The van der Waals surface area contributed by atoms with Gasteiger partial charge in [0.1, 0.15) is 4.75 Å². The van der Waals surface area contributed by atoms with Crippen LogP contribution in [-0.2, 0) is 10.0 Å². The highest BCUT2D eigenvalue weighted by Crippen LogP contribution is 2.35. The lowest BCUT2D eigenvalue weighted by Gasteiger charge is -2.31. The van der Waals surface area contributed by atoms with Gasteiger partial charge in [-0.1, -0.05) is 42.5 Å². The number of allylic oxidation sites excluding steroid dienone is 3. The number of hydrogen-bond acceptors (Lipinski definition) is 3. The smallest absolute Gasteiger partial charge is 0.249 e. The molecule has 0 saturated heterocycles. The lowest BCUT2D eigenvalue weighted by Crippen LogP contribution is -2.45. The fourth-order valence-electron chi connectivity index (χ4n) is 2.60. The molecule has 2 atom stereocenters. The lowest BCUT2D eigenvalue weighted by atomic mass is 10.0. The third kappa shape index (κ3) is 1.96. The van der Waals surface area contributed by atoms with Gasteiger partial charge in [0.2, 0.25) is 10.0 Å². The summed E-state index contributed by atoms with van der Waals surface area (Å²) in [7, 11) is -3.84. The van der Waals surface area contributed by atoms with E-state index in [-0.39, 0.29) is 0 Å². The Hall–Kier alpha value is -1.85. The summed E-state index contributed by atoms with van der Waals surface area (Å²) in [6.45, 7) is 1.58. The normalized spacial score (nSPS) is 24.7. The average molecular weight is 336 g/mol. The van der Waals surface area contributed by atoms with Crippen molar-refractivity contribution in [1.82, 2.24) is 3.97 Å². The molecule has 6 heteroatoms. The predicted octanol–water partition coefficient (Wildman–Crippen LogP) is 3.12. The van der Waals surface area contributed by atoms with Crippen LogP contribution in [0, 0.1) is 0 Å². The van der Waals surface area contributed by atoms with Gasteiger partial charge in [-0.2, -0.15) is 0 Å². The van der Waals surface area contributed by atoms with Crippen LogP contribution in [0.4, 0.5) is 0 Å². The van der Waals surface area contributed by atoms with Crippen LogP contribution in [0.1, 0.15) is 17.3 Å². The standard InChI is InChI=1S/C16H14ClNO3S/c1-16(9-5-4-8-15(16)17)22(20,21)18-10-12(11-19)13-6-2-3-7-14(13)18/h2-11,15H,1H3. The number of carbonyl (C=O) groups is 1. The van der Waals surface area contributed by atoms with Gasteiger partial charge in [0, 0.05) is 17.1 Å². The number of halogens is 1. The van der Waals surface area contributed by atoms with E-state index >= 15 is 0 Å². The first-order chi connectivity index (χ1) is 10.4. The Bertz CT molecular complexity index is 911. The van der Waals surface area contributed by atoms with Crippen molar-refractivity contribution in [3.63, 3.8) is 0 Å². The number of carbonyl (C=O) groups excluding carboxylic acids is 1. The van der Waals surface area contributed by atoms with E-state index in [0.29, 0.717) is 22.8 Å². The fourth-order valence-corrected chi connectivity index (χ4v) is 4.80. The van der Waals surface area contributed by atoms with Crippen LogP contribution in [-0.4, -0.2) is 28.8 Å². The number of para-hydroxylation sites is 1. The summed E-state index contributed by atoms with van der Waals surface area (Å²) in [5.41, 5.74) is 0.807. The highest BCUT2D eigenvalue weighted by Gasteiger charge is 2.45. The third-order valence-corrected chi connectivity index (χ3v) is 7.07. The van der Waals surface area contributed by atoms with Gasteiger partial charge in [0.25, 0.3) is 0 Å². The van der Waals surface area contributed by atoms with Crippen LogP contribution in [0.15, 0.2) is 54.8 Å². The number of aromatic nitrogens is 1. The van der Waals surface area contributed by atoms with E-state index in [0.717, 1.165) is 3.97 Å². The maximum atomic E-state index is 13.1. The molecule has 22 heavy (non-hydrogen) atoms. The molecule has 0 spiro atoms. The Kier molecular flexibility index (Phi) is 3.50. The minimum Gasteiger partial charge on any atom is -0.298 e. The summed E-state index contributed by atoms with van der Waals surface area (Å²) in [5, 5.41) is -0.0885. The van der Waals surface area contributed by atoms with Crippen LogP contribution in [0.5, 0.6) is 0 Å². The molecular weight excluding hydrogens is 322 g/mol. The van der Waals surface area contributed by atoms with E-state index in [1.807, 2.05) is 0 Å². The minimum atomic E-state index is -3.84. The zero-order valence-corrected chi connectivity index (χ0v) is 13.4. The van der Waals surface area contributed by atoms with Crippen molar-refractivity contribution in [1.29, 1.82) is 0 Å². The van der Waals surface area contributed by atoms with Crippen molar-refractivity contribution in [3.05, 3.63) is 60.3 Å². The first-order valence-electron chi connectivity index (χ1n) is 6.72. The van der Waals surface area contributed by atoms with Crippen molar-refractivity contribution in [2.75, 3.05) is 0 Å². The summed E-state index contributed by atoms with van der Waals surface area (Å²) in [4.78, 5) is 11.2. The van der Waals surface area contributed by atoms with Gasteiger partial charge in [-0.3, -0.25) is 4.79 Å². The summed E-state index contributed by atoms with van der Waals surface area (Å²) in [6, 6.07) is 6.90. The van der Waals surface area contributed by atoms with Crippen molar-refractivity contribution in [2.24, 2.45) is 0 Å². The Morgan fingerprint density at radius 3 is 2.68 bits per heavy atom. The predicted molar refractivity (Wildman–Crippen MR) is 88.0 cm³/mol. The monoisotopic (exact) mass is 335 g/mol. The highest BCUT2D eigenvalue weighted by atomic mass is 35.5. The molecule has 1 aromatic heterocycles. The quantitative estimate of drug-likeness (QED) is 0.639. The number of benzene rings is 1. The summed E-state index contributed by atoms with van der Waals surface area (Å²) >= 11 is 6.25. The number of hydrogen-bond donors (Lipinski definition) is 0. The second kappa shape index (κ2) is 5.11. The van der Waals surface area contributed by atoms with Crippen molar-refractivity contribution >= 4 is 38.8 Å². The van der Waals surface area contributed by atoms with E-state index < -0.39 is 20.1 Å². The Morgan fingerprint density at radius 2 is 2.00 bits per heavy atom. The van der Waals surface area contributed by atoms with Gasteiger partial charge in [0.05, 0.1) is 10.9 Å². The van der Waals surface area contributed by atoms with E-state index in [1.165, 1.54) is 6.20 Å². The summed E-state index contributed by atoms with van der Waals surface area (Å²) in [6.07, 6.45) is 8.63. The lowest BCUT2D eigenvalue weighted by molar-refractivity contribution is 0.112. The van der Waals surface area contributed by atoms with E-state index in [4.69, 9.17) is 11.6 Å². The second-order valence-electron chi connectivity index (χ2n) is 5.35. The highest BCUT2D eigenvalue weighted by molar-refractivity contribution is 7.91. The number of rotatable bonds is 3. The average Bonchev–Trinajstić information content (AvgIpc) is 2.89. The molecule has 0 N–H and O–H groups in total.